The molecule has 0 saturated carbocycles. The average molecular weight is 327 g/mol. The van der Waals surface area contributed by atoms with Crippen LogP contribution in [0.2, 0.25) is 0 Å². The minimum Gasteiger partial charge on any atom is -0.493 e. The zero-order valence-corrected chi connectivity index (χ0v) is 13.9. The van der Waals surface area contributed by atoms with Crippen LogP contribution < -0.4 is 10.1 Å². The fourth-order valence-corrected chi connectivity index (χ4v) is 2.16. The van der Waals surface area contributed by atoms with Gasteiger partial charge in [0.2, 0.25) is 5.91 Å². The Bertz CT molecular complexity index is 695. The molecule has 0 saturated heterocycles. The first kappa shape index (κ1) is 17.5. The smallest absolute Gasteiger partial charge is 0.337 e. The van der Waals surface area contributed by atoms with Gasteiger partial charge in [-0.25, -0.2) is 4.79 Å². The standard InChI is InChI=1S/C19H21NO4/c1-14-6-3-4-7-17(14)24-13-5-8-18(21)20-16-11-9-15(10-12-16)19(22)23-2/h3-4,6-7,9-12H,5,8,13H2,1-2H3,(H,20,21). The Balaban J connectivity index is 1.73. The van der Waals surface area contributed by atoms with Gasteiger partial charge in [-0.2, -0.15) is 0 Å². The lowest BCUT2D eigenvalue weighted by molar-refractivity contribution is -0.116. The molecule has 0 bridgehead atoms. The molecule has 24 heavy (non-hydrogen) atoms. The molecule has 0 unspecified atom stereocenters. The number of carbonyl (C=O) groups excluding carboxylic acids is 2. The lowest BCUT2D eigenvalue weighted by atomic mass is 10.2. The summed E-state index contributed by atoms with van der Waals surface area (Å²) in [6, 6.07) is 14.4. The summed E-state index contributed by atoms with van der Waals surface area (Å²) in [5, 5.41) is 2.79. The predicted octanol–water partition coefficient (Wildman–Crippen LogP) is 3.58. The number of aryl methyl sites for hydroxylation is 1. The Hall–Kier alpha value is -2.82. The summed E-state index contributed by atoms with van der Waals surface area (Å²) in [7, 11) is 1.33. The Kier molecular flexibility index (Phi) is 6.37. The van der Waals surface area contributed by atoms with Crippen LogP contribution in [0.3, 0.4) is 0 Å². The summed E-state index contributed by atoms with van der Waals surface area (Å²) in [5.41, 5.74) is 2.17. The van der Waals surface area contributed by atoms with Crippen LogP contribution in [-0.4, -0.2) is 25.6 Å². The first-order chi connectivity index (χ1) is 11.6. The molecule has 1 amide bonds. The first-order valence-electron chi connectivity index (χ1n) is 7.77. The fourth-order valence-electron chi connectivity index (χ4n) is 2.16. The normalized spacial score (nSPS) is 10.1. The highest BCUT2D eigenvalue weighted by molar-refractivity contribution is 5.93. The van der Waals surface area contributed by atoms with Gasteiger partial charge in [0.05, 0.1) is 19.3 Å². The van der Waals surface area contributed by atoms with Crippen molar-refractivity contribution in [3.05, 3.63) is 59.7 Å². The minimum atomic E-state index is -0.402. The van der Waals surface area contributed by atoms with E-state index in [9.17, 15) is 9.59 Å². The van der Waals surface area contributed by atoms with Gasteiger partial charge >= 0.3 is 5.97 Å². The third kappa shape index (κ3) is 5.12. The maximum absolute atomic E-state index is 11.9. The molecular weight excluding hydrogens is 306 g/mol. The zero-order valence-electron chi connectivity index (χ0n) is 13.9. The van der Waals surface area contributed by atoms with Crippen LogP contribution in [0, 0.1) is 6.92 Å². The molecule has 0 spiro atoms. The molecule has 0 aliphatic heterocycles. The van der Waals surface area contributed by atoms with Crippen LogP contribution in [-0.2, 0) is 9.53 Å². The Morgan fingerprint density at radius 3 is 2.42 bits per heavy atom. The van der Waals surface area contributed by atoms with Gasteiger partial charge in [-0.15, -0.1) is 0 Å². The summed E-state index contributed by atoms with van der Waals surface area (Å²) in [4.78, 5) is 23.2. The highest BCUT2D eigenvalue weighted by Crippen LogP contribution is 2.16. The molecule has 0 heterocycles. The van der Waals surface area contributed by atoms with Crippen LogP contribution in [0.25, 0.3) is 0 Å². The minimum absolute atomic E-state index is 0.0887. The molecule has 5 nitrogen and oxygen atoms in total. The van der Waals surface area contributed by atoms with Crippen molar-refractivity contribution in [2.24, 2.45) is 0 Å². The SMILES string of the molecule is COC(=O)c1ccc(NC(=O)CCCOc2ccccc2C)cc1. The van der Waals surface area contributed by atoms with Gasteiger partial charge in [0.1, 0.15) is 5.75 Å². The highest BCUT2D eigenvalue weighted by atomic mass is 16.5. The number of hydrogen-bond acceptors (Lipinski definition) is 4. The zero-order chi connectivity index (χ0) is 17.4. The van der Waals surface area contributed by atoms with Gasteiger partial charge in [0, 0.05) is 12.1 Å². The number of ether oxygens (including phenoxy) is 2. The van der Waals surface area contributed by atoms with Crippen LogP contribution in [0.4, 0.5) is 5.69 Å². The Labute approximate surface area is 141 Å². The second-order valence-electron chi connectivity index (χ2n) is 5.33. The number of amides is 1. The molecule has 2 aromatic carbocycles. The van der Waals surface area contributed by atoms with Crippen LogP contribution >= 0.6 is 0 Å². The lowest BCUT2D eigenvalue weighted by Gasteiger charge is -2.09. The van der Waals surface area contributed by atoms with Crippen LogP contribution in [0.15, 0.2) is 48.5 Å². The van der Waals surface area contributed by atoms with Gasteiger partial charge in [-0.3, -0.25) is 4.79 Å². The maximum Gasteiger partial charge on any atom is 0.337 e. The monoisotopic (exact) mass is 327 g/mol. The number of carbonyl (C=O) groups is 2. The van der Waals surface area contributed by atoms with E-state index < -0.39 is 5.97 Å². The van der Waals surface area contributed by atoms with Gasteiger partial charge in [-0.1, -0.05) is 18.2 Å². The van der Waals surface area contributed by atoms with Gasteiger partial charge < -0.3 is 14.8 Å². The number of hydrogen-bond donors (Lipinski definition) is 1. The van der Waals surface area contributed by atoms with Crippen molar-refractivity contribution in [2.45, 2.75) is 19.8 Å². The van der Waals surface area contributed by atoms with E-state index in [0.29, 0.717) is 30.7 Å². The van der Waals surface area contributed by atoms with Gasteiger partial charge in [0.25, 0.3) is 0 Å². The Morgan fingerprint density at radius 1 is 1.04 bits per heavy atom. The van der Waals surface area contributed by atoms with E-state index >= 15 is 0 Å². The number of benzene rings is 2. The molecule has 0 aromatic heterocycles. The second-order valence-corrected chi connectivity index (χ2v) is 5.33. The topological polar surface area (TPSA) is 64.6 Å². The summed E-state index contributed by atoms with van der Waals surface area (Å²) < 4.78 is 10.3. The number of esters is 1. The predicted molar refractivity (Wildman–Crippen MR) is 92.3 cm³/mol. The van der Waals surface area contributed by atoms with Crippen molar-refractivity contribution in [1.29, 1.82) is 0 Å². The van der Waals surface area contributed by atoms with E-state index in [4.69, 9.17) is 4.74 Å². The number of para-hydroxylation sites is 1. The van der Waals surface area contributed by atoms with Crippen molar-refractivity contribution in [2.75, 3.05) is 19.0 Å². The highest BCUT2D eigenvalue weighted by Gasteiger charge is 2.06. The number of rotatable bonds is 7. The van der Waals surface area contributed by atoms with Crippen molar-refractivity contribution < 1.29 is 19.1 Å². The van der Waals surface area contributed by atoms with E-state index in [2.05, 4.69) is 10.1 Å². The molecule has 0 aliphatic carbocycles. The fraction of sp³-hybridized carbons (Fsp3) is 0.263. The Morgan fingerprint density at radius 2 is 1.75 bits per heavy atom. The number of methoxy groups -OCH3 is 1. The van der Waals surface area contributed by atoms with E-state index in [1.54, 1.807) is 24.3 Å². The van der Waals surface area contributed by atoms with Crippen molar-refractivity contribution in [3.8, 4) is 5.75 Å². The first-order valence-corrected chi connectivity index (χ1v) is 7.77. The second kappa shape index (κ2) is 8.72. The third-order valence-electron chi connectivity index (χ3n) is 3.49. The molecule has 0 atom stereocenters. The maximum atomic E-state index is 11.9. The van der Waals surface area contributed by atoms with Crippen molar-refractivity contribution in [3.63, 3.8) is 0 Å². The molecule has 0 aliphatic rings. The molecule has 2 aromatic rings. The summed E-state index contributed by atoms with van der Waals surface area (Å²) in [6.45, 7) is 2.47. The summed E-state index contributed by atoms with van der Waals surface area (Å²) in [6.07, 6.45) is 0.991. The molecule has 0 fully saturated rings. The van der Waals surface area contributed by atoms with Gasteiger partial charge in [-0.05, 0) is 49.2 Å². The van der Waals surface area contributed by atoms with Gasteiger partial charge in [0.15, 0.2) is 0 Å². The van der Waals surface area contributed by atoms with Crippen LogP contribution in [0.1, 0.15) is 28.8 Å². The third-order valence-corrected chi connectivity index (χ3v) is 3.49. The molecule has 126 valence electrons. The van der Waals surface area contributed by atoms with Crippen molar-refractivity contribution in [1.82, 2.24) is 0 Å². The largest absolute Gasteiger partial charge is 0.493 e. The number of anilines is 1. The lowest BCUT2D eigenvalue weighted by Crippen LogP contribution is -2.13. The van der Waals surface area contributed by atoms with E-state index in [-0.39, 0.29) is 5.91 Å². The molecule has 0 radical (unpaired) electrons. The quantitative estimate of drug-likeness (QED) is 0.623. The average Bonchev–Trinajstić information content (AvgIpc) is 2.60. The molecule has 2 rings (SSSR count). The van der Waals surface area contributed by atoms with E-state index in [1.807, 2.05) is 31.2 Å². The van der Waals surface area contributed by atoms with E-state index in [0.717, 1.165) is 11.3 Å². The summed E-state index contributed by atoms with van der Waals surface area (Å²) in [5.74, 6) is 0.353. The molecule has 5 heteroatoms. The van der Waals surface area contributed by atoms with Crippen LogP contribution in [0.5, 0.6) is 5.75 Å². The van der Waals surface area contributed by atoms with Crippen molar-refractivity contribution >= 4 is 17.6 Å². The summed E-state index contributed by atoms with van der Waals surface area (Å²) >= 11 is 0. The molecule has 1 N–H and O–H groups in total. The molecular formula is C19H21NO4. The number of nitrogens with one attached hydrogen (secondary N) is 1. The van der Waals surface area contributed by atoms with E-state index in [1.165, 1.54) is 7.11 Å².